The number of fused-ring (bicyclic) bond motifs is 1. The highest BCUT2D eigenvalue weighted by Crippen LogP contribution is 2.27. The number of nitrogens with zero attached hydrogens (tertiary/aromatic N) is 2. The van der Waals surface area contributed by atoms with Crippen molar-refractivity contribution in [3.63, 3.8) is 0 Å². The maximum absolute atomic E-state index is 12.0. The molecule has 0 saturated carbocycles. The van der Waals surface area contributed by atoms with Crippen molar-refractivity contribution in [2.45, 2.75) is 0 Å². The second kappa shape index (κ2) is 7.54. The Bertz CT molecular complexity index is 1180. The minimum atomic E-state index is -0.629. The number of hydrogen-bond donors (Lipinski definition) is 3. The molecule has 3 aromatic carbocycles. The minimum Gasteiger partial charge on any atom is -0.365 e. The van der Waals surface area contributed by atoms with Gasteiger partial charge in [0.05, 0.1) is 0 Å². The number of amides is 1. The van der Waals surface area contributed by atoms with Crippen LogP contribution in [0.25, 0.3) is 10.8 Å². The first-order valence-corrected chi connectivity index (χ1v) is 8.92. The van der Waals surface area contributed by atoms with Gasteiger partial charge in [0.15, 0.2) is 5.82 Å². The van der Waals surface area contributed by atoms with Gasteiger partial charge in [0.1, 0.15) is 11.4 Å². The maximum Gasteiger partial charge on any atom is 0.256 e. The number of nitrogens with two attached hydrogens (primary N) is 1. The second-order valence-corrected chi connectivity index (χ2v) is 6.56. The average Bonchev–Trinajstić information content (AvgIpc) is 3.11. The molecule has 28 heavy (non-hydrogen) atoms. The topological polar surface area (TPSA) is 96.2 Å². The van der Waals surface area contributed by atoms with Crippen molar-refractivity contribution >= 4 is 51.8 Å². The fourth-order valence-electron chi connectivity index (χ4n) is 2.92. The van der Waals surface area contributed by atoms with Crippen LogP contribution in [0.15, 0.2) is 71.7 Å². The number of aliphatic imine (C=N–C) groups is 1. The van der Waals surface area contributed by atoms with Gasteiger partial charge in [-0.3, -0.25) is 9.89 Å². The van der Waals surface area contributed by atoms with Crippen LogP contribution >= 0.6 is 11.6 Å². The van der Waals surface area contributed by atoms with E-state index in [0.717, 1.165) is 22.0 Å². The zero-order valence-electron chi connectivity index (χ0n) is 14.7. The van der Waals surface area contributed by atoms with E-state index in [1.807, 2.05) is 42.5 Å². The number of rotatable bonds is 5. The summed E-state index contributed by atoms with van der Waals surface area (Å²) in [6.45, 7) is 0. The van der Waals surface area contributed by atoms with Gasteiger partial charge < -0.3 is 11.1 Å². The molecule has 0 aliphatic carbocycles. The lowest BCUT2D eigenvalue weighted by molar-refractivity contribution is 0.100. The molecule has 0 saturated heterocycles. The Morgan fingerprint density at radius 1 is 1.07 bits per heavy atom. The van der Waals surface area contributed by atoms with Gasteiger partial charge in [-0.25, -0.2) is 4.99 Å². The van der Waals surface area contributed by atoms with Gasteiger partial charge in [0.2, 0.25) is 0 Å². The summed E-state index contributed by atoms with van der Waals surface area (Å²) in [5.74, 6) is -0.0351. The minimum absolute atomic E-state index is 0.187. The van der Waals surface area contributed by atoms with Crippen molar-refractivity contribution in [2.75, 3.05) is 5.32 Å². The number of hydrogen-bond acceptors (Lipinski definition) is 4. The molecule has 1 aromatic heterocycles. The highest BCUT2D eigenvalue weighted by atomic mass is 35.5. The summed E-state index contributed by atoms with van der Waals surface area (Å²) in [6.07, 6.45) is 1.68. The zero-order valence-corrected chi connectivity index (χ0v) is 15.4. The predicted octanol–water partition coefficient (Wildman–Crippen LogP) is 4.81. The summed E-state index contributed by atoms with van der Waals surface area (Å²) in [5, 5.41) is 12.8. The molecule has 7 heteroatoms. The van der Waals surface area contributed by atoms with Crippen LogP contribution in [0.5, 0.6) is 0 Å². The van der Waals surface area contributed by atoms with Crippen molar-refractivity contribution < 1.29 is 4.79 Å². The average molecular weight is 390 g/mol. The summed E-state index contributed by atoms with van der Waals surface area (Å²) in [7, 11) is 0. The Kier molecular flexibility index (Phi) is 4.78. The van der Waals surface area contributed by atoms with E-state index >= 15 is 0 Å². The number of carbonyl (C=O) groups is 1. The number of nitrogens with one attached hydrogen (secondary N) is 2. The number of aromatic amines is 1. The summed E-state index contributed by atoms with van der Waals surface area (Å²) in [4.78, 5) is 16.4. The highest BCUT2D eigenvalue weighted by molar-refractivity contribution is 6.30. The lowest BCUT2D eigenvalue weighted by atomic mass is 10.1. The van der Waals surface area contributed by atoms with Crippen LogP contribution in [0.2, 0.25) is 5.02 Å². The highest BCUT2D eigenvalue weighted by Gasteiger charge is 2.18. The molecule has 0 fully saturated rings. The lowest BCUT2D eigenvalue weighted by Crippen LogP contribution is -2.12. The van der Waals surface area contributed by atoms with Crippen molar-refractivity contribution in [3.8, 4) is 0 Å². The second-order valence-electron chi connectivity index (χ2n) is 6.12. The third-order valence-electron chi connectivity index (χ3n) is 4.26. The van der Waals surface area contributed by atoms with E-state index in [4.69, 9.17) is 17.3 Å². The monoisotopic (exact) mass is 389 g/mol. The summed E-state index contributed by atoms with van der Waals surface area (Å²) < 4.78 is 0. The van der Waals surface area contributed by atoms with E-state index < -0.39 is 5.91 Å². The van der Waals surface area contributed by atoms with Crippen molar-refractivity contribution in [3.05, 3.63) is 82.9 Å². The van der Waals surface area contributed by atoms with Crippen LogP contribution in [0.1, 0.15) is 15.9 Å². The van der Waals surface area contributed by atoms with Gasteiger partial charge in [-0.1, -0.05) is 54.1 Å². The maximum atomic E-state index is 12.0. The van der Waals surface area contributed by atoms with Gasteiger partial charge >= 0.3 is 0 Å². The first-order chi connectivity index (χ1) is 13.6. The van der Waals surface area contributed by atoms with Crippen molar-refractivity contribution in [1.29, 1.82) is 0 Å². The molecule has 1 heterocycles. The number of primary amides is 1. The van der Waals surface area contributed by atoms with Crippen LogP contribution in [0.4, 0.5) is 17.3 Å². The molecule has 4 N–H and O–H groups in total. The van der Waals surface area contributed by atoms with Gasteiger partial charge in [-0.2, -0.15) is 5.10 Å². The van der Waals surface area contributed by atoms with E-state index in [1.165, 1.54) is 0 Å². The number of aromatic nitrogens is 2. The van der Waals surface area contributed by atoms with Gasteiger partial charge in [-0.05, 0) is 35.0 Å². The van der Waals surface area contributed by atoms with E-state index in [1.54, 1.807) is 30.5 Å². The Hall–Kier alpha value is -3.64. The summed E-state index contributed by atoms with van der Waals surface area (Å²) in [5.41, 5.74) is 7.41. The molecule has 4 rings (SSSR count). The molecular weight excluding hydrogens is 374 g/mol. The molecule has 0 aliphatic rings. The summed E-state index contributed by atoms with van der Waals surface area (Å²) in [6, 6.07) is 21.0. The molecule has 4 aromatic rings. The van der Waals surface area contributed by atoms with E-state index in [0.29, 0.717) is 10.8 Å². The molecule has 0 atom stereocenters. The largest absolute Gasteiger partial charge is 0.365 e. The fraction of sp³-hybridized carbons (Fsp3) is 0. The van der Waals surface area contributed by atoms with Crippen LogP contribution in [-0.4, -0.2) is 22.3 Å². The first kappa shape index (κ1) is 17.8. The number of anilines is 2. The first-order valence-electron chi connectivity index (χ1n) is 8.54. The molecule has 138 valence electrons. The Morgan fingerprint density at radius 2 is 1.82 bits per heavy atom. The molecule has 0 bridgehead atoms. The summed E-state index contributed by atoms with van der Waals surface area (Å²) >= 11 is 5.90. The SMILES string of the molecule is NC(=O)c1c(N=Cc2cccc3ccccc23)n[nH]c1Nc1ccc(Cl)cc1. The number of benzene rings is 3. The molecule has 6 nitrogen and oxygen atoms in total. The zero-order chi connectivity index (χ0) is 19.5. The van der Waals surface area contributed by atoms with Crippen LogP contribution in [0.3, 0.4) is 0 Å². The third kappa shape index (κ3) is 3.58. The normalized spacial score (nSPS) is 11.2. The van der Waals surface area contributed by atoms with Crippen molar-refractivity contribution in [1.82, 2.24) is 10.2 Å². The van der Waals surface area contributed by atoms with Gasteiger partial charge in [0.25, 0.3) is 5.91 Å². The Balaban J connectivity index is 1.68. The fourth-order valence-corrected chi connectivity index (χ4v) is 3.05. The lowest BCUT2D eigenvalue weighted by Gasteiger charge is -2.05. The number of carbonyl (C=O) groups excluding carboxylic acids is 1. The molecular formula is C21H16ClN5O. The van der Waals surface area contributed by atoms with Crippen LogP contribution in [-0.2, 0) is 0 Å². The Labute approximate surface area is 166 Å². The molecule has 0 spiro atoms. The van der Waals surface area contributed by atoms with Crippen LogP contribution < -0.4 is 11.1 Å². The van der Waals surface area contributed by atoms with Crippen molar-refractivity contribution in [2.24, 2.45) is 10.7 Å². The predicted molar refractivity (Wildman–Crippen MR) is 113 cm³/mol. The Morgan fingerprint density at radius 3 is 2.61 bits per heavy atom. The van der Waals surface area contributed by atoms with E-state index in [-0.39, 0.29) is 11.4 Å². The van der Waals surface area contributed by atoms with Gasteiger partial charge in [-0.15, -0.1) is 0 Å². The third-order valence-corrected chi connectivity index (χ3v) is 4.51. The standard InChI is InChI=1S/C21H16ClN5O/c22-15-8-10-16(11-9-15)25-21-18(19(23)28)20(26-27-21)24-12-14-6-3-5-13-4-1-2-7-17(13)14/h1-12H,(H2,23,28)(H2,25,26,27). The molecule has 1 amide bonds. The van der Waals surface area contributed by atoms with E-state index in [2.05, 4.69) is 20.5 Å². The molecule has 0 aliphatic heterocycles. The molecule has 0 unspecified atom stereocenters. The van der Waals surface area contributed by atoms with Gasteiger partial charge in [0, 0.05) is 22.5 Å². The smallest absolute Gasteiger partial charge is 0.256 e. The molecule has 0 radical (unpaired) electrons. The number of H-pyrrole nitrogens is 1. The quantitative estimate of drug-likeness (QED) is 0.427. The number of halogens is 1. The van der Waals surface area contributed by atoms with E-state index in [9.17, 15) is 4.79 Å². The van der Waals surface area contributed by atoms with Crippen LogP contribution in [0, 0.1) is 0 Å².